The fourth-order valence-corrected chi connectivity index (χ4v) is 8.63. The van der Waals surface area contributed by atoms with Gasteiger partial charge < -0.3 is 4.74 Å². The second-order valence-electron chi connectivity index (χ2n) is 9.92. The third kappa shape index (κ3) is 1.75. The third-order valence-electron chi connectivity index (χ3n) is 9.30. The fraction of sp³-hybridized carbons (Fsp3) is 0.708. The van der Waals surface area contributed by atoms with Crippen molar-refractivity contribution in [1.29, 1.82) is 0 Å². The number of fused-ring (bicyclic) bond motifs is 9. The van der Waals surface area contributed by atoms with Crippen LogP contribution in [0.3, 0.4) is 0 Å². The number of ketones is 1. The Kier molecular flexibility index (Phi) is 3.18. The first kappa shape index (κ1) is 15.9. The predicted molar refractivity (Wildman–Crippen MR) is 101 cm³/mol. The lowest BCUT2D eigenvalue weighted by Gasteiger charge is -2.58. The van der Waals surface area contributed by atoms with Crippen molar-refractivity contribution in [2.24, 2.45) is 40.9 Å². The third-order valence-corrected chi connectivity index (χ3v) is 9.30. The van der Waals surface area contributed by atoms with E-state index >= 15 is 0 Å². The van der Waals surface area contributed by atoms with Crippen LogP contribution in [0.15, 0.2) is 36.5 Å². The van der Waals surface area contributed by atoms with E-state index in [1.807, 2.05) is 6.08 Å². The van der Waals surface area contributed by atoms with Gasteiger partial charge in [-0.05, 0) is 86.5 Å². The summed E-state index contributed by atoms with van der Waals surface area (Å²) in [5.74, 6) is 5.17. The molecule has 0 aromatic rings. The molecule has 8 atom stereocenters. The lowest BCUT2D eigenvalue weighted by Crippen LogP contribution is -2.56. The van der Waals surface area contributed by atoms with Gasteiger partial charge in [0.25, 0.3) is 0 Å². The maximum absolute atomic E-state index is 11.9. The number of carbonyl (C=O) groups excluding carboxylic acids is 1. The van der Waals surface area contributed by atoms with Crippen LogP contribution in [-0.2, 0) is 9.53 Å². The monoisotopic (exact) mass is 350 g/mol. The summed E-state index contributed by atoms with van der Waals surface area (Å²) >= 11 is 0. The minimum absolute atomic E-state index is 0.0140. The van der Waals surface area contributed by atoms with Crippen molar-refractivity contribution in [2.45, 2.75) is 57.0 Å². The average Bonchev–Trinajstić information content (AvgIpc) is 3.21. The van der Waals surface area contributed by atoms with Gasteiger partial charge in [-0.2, -0.15) is 0 Å². The summed E-state index contributed by atoms with van der Waals surface area (Å²) in [6.07, 6.45) is 18.4. The van der Waals surface area contributed by atoms with Crippen LogP contribution in [-0.4, -0.2) is 18.0 Å². The minimum atomic E-state index is 0.0140. The van der Waals surface area contributed by atoms with Crippen LogP contribution in [0.5, 0.6) is 0 Å². The van der Waals surface area contributed by atoms with Crippen LogP contribution in [0.4, 0.5) is 0 Å². The molecule has 6 aliphatic rings. The molecule has 6 rings (SSSR count). The summed E-state index contributed by atoms with van der Waals surface area (Å²) in [4.78, 5) is 11.9. The molecule has 4 saturated carbocycles. The Morgan fingerprint density at radius 3 is 2.92 bits per heavy atom. The number of allylic oxidation sites excluding steroid dienone is 2. The second-order valence-corrected chi connectivity index (χ2v) is 9.92. The zero-order chi connectivity index (χ0) is 17.5. The highest BCUT2D eigenvalue weighted by Gasteiger charge is 2.77. The summed E-state index contributed by atoms with van der Waals surface area (Å²) in [6.45, 7) is 4.96. The Morgan fingerprint density at radius 1 is 1.19 bits per heavy atom. The first-order chi connectivity index (χ1) is 12.7. The van der Waals surface area contributed by atoms with Gasteiger partial charge in [-0.3, -0.25) is 4.79 Å². The van der Waals surface area contributed by atoms with Crippen molar-refractivity contribution in [3.05, 3.63) is 36.5 Å². The van der Waals surface area contributed by atoms with Gasteiger partial charge in [0, 0.05) is 11.8 Å². The molecule has 2 heteroatoms. The molecule has 2 nitrogen and oxygen atoms in total. The summed E-state index contributed by atoms with van der Waals surface area (Å²) in [7, 11) is 0. The molecule has 0 bridgehead atoms. The van der Waals surface area contributed by atoms with Crippen molar-refractivity contribution in [1.82, 2.24) is 0 Å². The van der Waals surface area contributed by atoms with E-state index in [1.165, 1.54) is 37.7 Å². The van der Waals surface area contributed by atoms with Crippen LogP contribution >= 0.6 is 0 Å². The molecule has 0 N–H and O–H groups in total. The molecular weight excluding hydrogens is 320 g/mol. The SMILES string of the molecule is C=CCC12CCC3C4CCC(=O)C=C4CCC3C1C1CC1C21C=CCO1. The summed E-state index contributed by atoms with van der Waals surface area (Å²) in [5.41, 5.74) is 1.80. The summed E-state index contributed by atoms with van der Waals surface area (Å²) in [6, 6.07) is 0. The van der Waals surface area contributed by atoms with Crippen LogP contribution in [0.2, 0.25) is 0 Å². The fourth-order valence-electron chi connectivity index (χ4n) is 8.63. The lowest BCUT2D eigenvalue weighted by molar-refractivity contribution is -0.140. The summed E-state index contributed by atoms with van der Waals surface area (Å²) < 4.78 is 6.57. The first-order valence-corrected chi connectivity index (χ1v) is 10.9. The van der Waals surface area contributed by atoms with Crippen molar-refractivity contribution in [3.63, 3.8) is 0 Å². The van der Waals surface area contributed by atoms with E-state index in [0.717, 1.165) is 55.5 Å². The van der Waals surface area contributed by atoms with E-state index in [-0.39, 0.29) is 5.60 Å². The van der Waals surface area contributed by atoms with Crippen molar-refractivity contribution in [3.8, 4) is 0 Å². The van der Waals surface area contributed by atoms with Gasteiger partial charge in [0.05, 0.1) is 12.2 Å². The number of hydrogen-bond donors (Lipinski definition) is 0. The Balaban J connectivity index is 1.41. The first-order valence-electron chi connectivity index (χ1n) is 10.9. The van der Waals surface area contributed by atoms with E-state index in [1.54, 1.807) is 0 Å². The van der Waals surface area contributed by atoms with Gasteiger partial charge >= 0.3 is 0 Å². The molecule has 8 unspecified atom stereocenters. The maximum Gasteiger partial charge on any atom is 0.155 e. The van der Waals surface area contributed by atoms with Gasteiger partial charge in [0.15, 0.2) is 5.78 Å². The molecule has 0 aromatic heterocycles. The molecular formula is C24H30O2. The van der Waals surface area contributed by atoms with Gasteiger partial charge in [0.1, 0.15) is 0 Å². The zero-order valence-electron chi connectivity index (χ0n) is 15.7. The molecule has 4 fully saturated rings. The van der Waals surface area contributed by atoms with Crippen LogP contribution in [0.25, 0.3) is 0 Å². The van der Waals surface area contributed by atoms with Gasteiger partial charge in [-0.25, -0.2) is 0 Å². The number of rotatable bonds is 2. The average molecular weight is 351 g/mol. The molecule has 0 radical (unpaired) electrons. The highest BCUT2D eigenvalue weighted by Crippen LogP contribution is 2.78. The molecule has 1 heterocycles. The Bertz CT molecular complexity index is 732. The molecule has 138 valence electrons. The molecule has 1 aliphatic heterocycles. The Hall–Kier alpha value is -1.15. The molecule has 0 saturated heterocycles. The highest BCUT2D eigenvalue weighted by atomic mass is 16.5. The summed E-state index contributed by atoms with van der Waals surface area (Å²) in [5, 5.41) is 0. The Morgan fingerprint density at radius 2 is 2.12 bits per heavy atom. The van der Waals surface area contributed by atoms with Crippen LogP contribution in [0.1, 0.15) is 51.4 Å². The topological polar surface area (TPSA) is 26.3 Å². The van der Waals surface area contributed by atoms with Gasteiger partial charge in [0.2, 0.25) is 0 Å². The molecule has 26 heavy (non-hydrogen) atoms. The smallest absolute Gasteiger partial charge is 0.155 e. The molecule has 0 amide bonds. The van der Waals surface area contributed by atoms with Crippen molar-refractivity contribution < 1.29 is 9.53 Å². The van der Waals surface area contributed by atoms with Crippen molar-refractivity contribution in [2.75, 3.05) is 6.61 Å². The Labute approximate surface area is 156 Å². The molecule has 1 spiro atoms. The maximum atomic E-state index is 11.9. The van der Waals surface area contributed by atoms with Crippen LogP contribution < -0.4 is 0 Å². The van der Waals surface area contributed by atoms with Gasteiger partial charge in [-0.15, -0.1) is 6.58 Å². The largest absolute Gasteiger partial charge is 0.366 e. The predicted octanol–water partition coefficient (Wildman–Crippen LogP) is 4.87. The lowest BCUT2D eigenvalue weighted by atomic mass is 9.48. The van der Waals surface area contributed by atoms with E-state index in [9.17, 15) is 4.79 Å². The minimum Gasteiger partial charge on any atom is -0.366 e. The zero-order valence-corrected chi connectivity index (χ0v) is 15.7. The number of hydrogen-bond acceptors (Lipinski definition) is 2. The molecule has 0 aromatic carbocycles. The molecule has 5 aliphatic carbocycles. The van der Waals surface area contributed by atoms with E-state index in [0.29, 0.717) is 17.1 Å². The second kappa shape index (κ2) is 5.22. The number of carbonyl (C=O) groups is 1. The van der Waals surface area contributed by atoms with E-state index in [2.05, 4.69) is 24.8 Å². The van der Waals surface area contributed by atoms with Crippen LogP contribution in [0, 0.1) is 40.9 Å². The quantitative estimate of drug-likeness (QED) is 0.665. The highest BCUT2D eigenvalue weighted by molar-refractivity contribution is 5.91. The number of ether oxygens (including phenoxy) is 1. The normalized spacial score (nSPS) is 53.5. The van der Waals surface area contributed by atoms with E-state index in [4.69, 9.17) is 4.74 Å². The van der Waals surface area contributed by atoms with Crippen molar-refractivity contribution >= 4 is 5.78 Å². The standard InChI is InChI=1S/C24H30O2/c1-2-9-23-11-8-18-17-7-5-16(25)13-15(17)4-6-19(18)22(23)20-14-21(20)24(23)10-3-12-26-24/h2-3,10,13,17-22H,1,4-9,11-12,14H2. The van der Waals surface area contributed by atoms with E-state index < -0.39 is 0 Å². The van der Waals surface area contributed by atoms with Gasteiger partial charge in [-0.1, -0.05) is 23.8 Å².